The lowest BCUT2D eigenvalue weighted by Crippen LogP contribution is -2.30. The smallest absolute Gasteiger partial charge is 0.238 e. The van der Waals surface area contributed by atoms with Gasteiger partial charge >= 0.3 is 0 Å². The minimum Gasteiger partial charge on any atom is -0.295 e. The summed E-state index contributed by atoms with van der Waals surface area (Å²) in [6, 6.07) is 5.58. The van der Waals surface area contributed by atoms with E-state index in [0.29, 0.717) is 6.42 Å². The number of amides is 2. The molecule has 2 atom stereocenters. The van der Waals surface area contributed by atoms with Crippen molar-refractivity contribution in [2.75, 3.05) is 0 Å². The Morgan fingerprint density at radius 1 is 1.17 bits per heavy atom. The van der Waals surface area contributed by atoms with Crippen LogP contribution in [0.4, 0.5) is 0 Å². The third-order valence-electron chi connectivity index (χ3n) is 3.90. The minimum absolute atomic E-state index is 0.153. The van der Waals surface area contributed by atoms with Gasteiger partial charge in [0.2, 0.25) is 11.8 Å². The Morgan fingerprint density at radius 3 is 2.61 bits per heavy atom. The molecule has 0 bridgehead atoms. The summed E-state index contributed by atoms with van der Waals surface area (Å²) in [5.41, 5.74) is 1.77. The Balaban J connectivity index is 1.89. The summed E-state index contributed by atoms with van der Waals surface area (Å²) in [4.78, 5) is 31.8. The number of imide groups is 1. The van der Waals surface area contributed by atoms with E-state index in [2.05, 4.69) is 15.3 Å². The molecular formula is C13H9N3O2. The van der Waals surface area contributed by atoms with Crippen LogP contribution in [-0.4, -0.2) is 21.8 Å². The van der Waals surface area contributed by atoms with Crippen LogP contribution in [0.15, 0.2) is 30.6 Å². The third-order valence-corrected chi connectivity index (χ3v) is 3.90. The van der Waals surface area contributed by atoms with Crippen LogP contribution in [0.5, 0.6) is 0 Å². The van der Waals surface area contributed by atoms with Gasteiger partial charge in [0.25, 0.3) is 0 Å². The van der Waals surface area contributed by atoms with Gasteiger partial charge < -0.3 is 0 Å². The topological polar surface area (TPSA) is 72.0 Å². The van der Waals surface area contributed by atoms with Crippen molar-refractivity contribution in [1.82, 2.24) is 15.3 Å². The average molecular weight is 239 g/mol. The molecule has 0 radical (unpaired) electrons. The maximum Gasteiger partial charge on any atom is 0.238 e. The van der Waals surface area contributed by atoms with Gasteiger partial charge in [0.1, 0.15) is 0 Å². The Hall–Kier alpha value is -2.30. The summed E-state index contributed by atoms with van der Waals surface area (Å²) >= 11 is 0. The van der Waals surface area contributed by atoms with Crippen molar-refractivity contribution in [2.45, 2.75) is 11.8 Å². The first-order valence-corrected chi connectivity index (χ1v) is 5.78. The summed E-state index contributed by atoms with van der Waals surface area (Å²) in [6.45, 7) is 0. The molecule has 1 aromatic heterocycles. The Bertz CT molecular complexity index is 712. The number of carbonyl (C=O) groups excluding carboxylic acids is 2. The number of rotatable bonds is 1. The fraction of sp³-hybridized carbons (Fsp3) is 0.231. The molecule has 2 heterocycles. The lowest BCUT2D eigenvalue weighted by Gasteiger charge is -2.10. The zero-order valence-electron chi connectivity index (χ0n) is 9.38. The van der Waals surface area contributed by atoms with Crippen LogP contribution in [0.2, 0.25) is 0 Å². The highest BCUT2D eigenvalue weighted by Crippen LogP contribution is 2.57. The predicted molar refractivity (Wildman–Crippen MR) is 62.5 cm³/mol. The fourth-order valence-corrected chi connectivity index (χ4v) is 2.83. The Morgan fingerprint density at radius 2 is 1.94 bits per heavy atom. The molecule has 1 saturated carbocycles. The van der Waals surface area contributed by atoms with Crippen LogP contribution in [0.3, 0.4) is 0 Å². The number of aromatic nitrogens is 2. The molecule has 2 aromatic rings. The second-order valence-corrected chi connectivity index (χ2v) is 4.81. The van der Waals surface area contributed by atoms with Gasteiger partial charge in [-0.2, -0.15) is 0 Å². The van der Waals surface area contributed by atoms with E-state index in [0.717, 1.165) is 16.6 Å². The van der Waals surface area contributed by atoms with Gasteiger partial charge in [0, 0.05) is 12.4 Å². The normalized spacial score (nSPS) is 29.2. The van der Waals surface area contributed by atoms with E-state index < -0.39 is 5.41 Å². The molecule has 2 fully saturated rings. The van der Waals surface area contributed by atoms with E-state index in [9.17, 15) is 9.59 Å². The summed E-state index contributed by atoms with van der Waals surface area (Å²) in [5, 5.41) is 2.39. The zero-order chi connectivity index (χ0) is 12.3. The molecule has 88 valence electrons. The molecule has 1 aliphatic carbocycles. The molecule has 0 spiro atoms. The maximum atomic E-state index is 11.9. The number of nitrogens with zero attached hydrogens (tertiary/aromatic N) is 2. The Kier molecular flexibility index (Phi) is 1.58. The molecule has 2 amide bonds. The standard InChI is InChI=1S/C13H9N3O2/c17-11-8-6-13(8,12(18)16-11)7-1-2-9-10(5-7)15-4-3-14-9/h1-5,8H,6H2,(H,16,17,18). The summed E-state index contributed by atoms with van der Waals surface area (Å²) in [6.07, 6.45) is 3.86. The first-order valence-electron chi connectivity index (χ1n) is 5.78. The highest BCUT2D eigenvalue weighted by atomic mass is 16.2. The number of nitrogens with one attached hydrogen (secondary N) is 1. The van der Waals surface area contributed by atoms with Crippen LogP contribution >= 0.6 is 0 Å². The van der Waals surface area contributed by atoms with Crippen molar-refractivity contribution in [2.24, 2.45) is 5.92 Å². The molecule has 4 rings (SSSR count). The quantitative estimate of drug-likeness (QED) is 0.737. The zero-order valence-corrected chi connectivity index (χ0v) is 9.38. The summed E-state index contributed by atoms with van der Waals surface area (Å²) in [5.74, 6) is -0.529. The van der Waals surface area contributed by atoms with Gasteiger partial charge in [0.15, 0.2) is 0 Å². The molecule has 1 N–H and O–H groups in total. The third kappa shape index (κ3) is 1.01. The molecule has 5 heteroatoms. The number of carbonyl (C=O) groups is 2. The number of hydrogen-bond donors (Lipinski definition) is 1. The van der Waals surface area contributed by atoms with Crippen LogP contribution in [0.1, 0.15) is 12.0 Å². The lowest BCUT2D eigenvalue weighted by molar-refractivity contribution is -0.127. The second-order valence-electron chi connectivity index (χ2n) is 4.81. The van der Waals surface area contributed by atoms with Gasteiger partial charge in [-0.15, -0.1) is 0 Å². The molecule has 1 aliphatic heterocycles. The van der Waals surface area contributed by atoms with Gasteiger partial charge in [-0.3, -0.25) is 24.9 Å². The van der Waals surface area contributed by atoms with Crippen LogP contribution < -0.4 is 5.32 Å². The number of hydrogen-bond acceptors (Lipinski definition) is 4. The maximum absolute atomic E-state index is 11.9. The highest BCUT2D eigenvalue weighted by Gasteiger charge is 2.69. The van der Waals surface area contributed by atoms with E-state index in [4.69, 9.17) is 0 Å². The molecule has 5 nitrogen and oxygen atoms in total. The van der Waals surface area contributed by atoms with Gasteiger partial charge in [-0.05, 0) is 24.1 Å². The molecule has 2 aliphatic rings. The lowest BCUT2D eigenvalue weighted by atomic mass is 9.94. The predicted octanol–water partition coefficient (Wildman–Crippen LogP) is 0.544. The van der Waals surface area contributed by atoms with Crippen molar-refractivity contribution in [3.63, 3.8) is 0 Å². The molecule has 1 aromatic carbocycles. The van der Waals surface area contributed by atoms with E-state index in [1.807, 2.05) is 18.2 Å². The van der Waals surface area contributed by atoms with Crippen molar-refractivity contribution in [1.29, 1.82) is 0 Å². The van der Waals surface area contributed by atoms with Crippen molar-refractivity contribution in [3.8, 4) is 0 Å². The number of benzene rings is 1. The van der Waals surface area contributed by atoms with Gasteiger partial charge in [-0.25, -0.2) is 0 Å². The first kappa shape index (κ1) is 9.70. The van der Waals surface area contributed by atoms with Crippen LogP contribution in [0, 0.1) is 5.92 Å². The van der Waals surface area contributed by atoms with Crippen LogP contribution in [-0.2, 0) is 15.0 Å². The SMILES string of the molecule is O=C1NC(=O)C2(c3ccc4nccnc4c3)CC12. The fourth-order valence-electron chi connectivity index (χ4n) is 2.83. The van der Waals surface area contributed by atoms with E-state index in [1.165, 1.54) is 0 Å². The first-order chi connectivity index (χ1) is 8.72. The Labute approximate surface area is 102 Å². The van der Waals surface area contributed by atoms with E-state index >= 15 is 0 Å². The molecular weight excluding hydrogens is 230 g/mol. The molecule has 1 saturated heterocycles. The van der Waals surface area contributed by atoms with Gasteiger partial charge in [0.05, 0.1) is 22.4 Å². The average Bonchev–Trinajstić information content (AvgIpc) is 3.09. The largest absolute Gasteiger partial charge is 0.295 e. The second kappa shape index (κ2) is 2.93. The van der Waals surface area contributed by atoms with E-state index in [-0.39, 0.29) is 17.7 Å². The number of piperidine rings is 1. The van der Waals surface area contributed by atoms with Crippen molar-refractivity contribution in [3.05, 3.63) is 36.2 Å². The molecule has 18 heavy (non-hydrogen) atoms. The molecule has 2 unspecified atom stereocenters. The summed E-state index contributed by atoms with van der Waals surface area (Å²) in [7, 11) is 0. The monoisotopic (exact) mass is 239 g/mol. The van der Waals surface area contributed by atoms with Crippen molar-refractivity contribution < 1.29 is 9.59 Å². The number of fused-ring (bicyclic) bond motifs is 2. The summed E-state index contributed by atoms with van der Waals surface area (Å²) < 4.78 is 0. The van der Waals surface area contributed by atoms with E-state index in [1.54, 1.807) is 12.4 Å². The van der Waals surface area contributed by atoms with Crippen molar-refractivity contribution >= 4 is 22.8 Å². The van der Waals surface area contributed by atoms with Gasteiger partial charge in [-0.1, -0.05) is 6.07 Å². The minimum atomic E-state index is -0.636. The van der Waals surface area contributed by atoms with Crippen LogP contribution in [0.25, 0.3) is 11.0 Å². The highest BCUT2D eigenvalue weighted by molar-refractivity contribution is 6.15.